The monoisotopic (exact) mass is 295 g/mol. The molecule has 0 bridgehead atoms. The van der Waals surface area contributed by atoms with Gasteiger partial charge in [0.1, 0.15) is 0 Å². The number of nitrogens with zero attached hydrogens (tertiary/aromatic N) is 1. The van der Waals surface area contributed by atoms with E-state index in [1.165, 1.54) is 36.0 Å². The lowest BCUT2D eigenvalue weighted by Crippen LogP contribution is -2.40. The van der Waals surface area contributed by atoms with Crippen molar-refractivity contribution in [3.8, 4) is 0 Å². The highest BCUT2D eigenvalue weighted by Gasteiger charge is 2.24. The van der Waals surface area contributed by atoms with E-state index < -0.39 is 0 Å². The Kier molecular flexibility index (Phi) is 4.63. The summed E-state index contributed by atoms with van der Waals surface area (Å²) in [5.41, 5.74) is 4.26. The third kappa shape index (κ3) is 3.32. The molecule has 94 valence electrons. The minimum absolute atomic E-state index is 0.828. The number of hydrogen-bond acceptors (Lipinski definition) is 1. The minimum atomic E-state index is 0.828. The highest BCUT2D eigenvalue weighted by molar-refractivity contribution is 9.09. The molecule has 0 atom stereocenters. The third-order valence-corrected chi connectivity index (χ3v) is 4.27. The lowest BCUT2D eigenvalue weighted by atomic mass is 9.91. The Balaban J connectivity index is 2.02. The molecule has 1 aliphatic rings. The van der Waals surface area contributed by atoms with Crippen LogP contribution in [0.4, 0.5) is 0 Å². The zero-order valence-corrected chi connectivity index (χ0v) is 12.5. The summed E-state index contributed by atoms with van der Waals surface area (Å²) < 4.78 is 0. The van der Waals surface area contributed by atoms with Gasteiger partial charge in [-0.3, -0.25) is 4.90 Å². The van der Waals surface area contributed by atoms with Gasteiger partial charge in [-0.1, -0.05) is 40.5 Å². The first kappa shape index (κ1) is 13.1. The van der Waals surface area contributed by atoms with Crippen molar-refractivity contribution in [2.75, 3.05) is 11.9 Å². The van der Waals surface area contributed by atoms with Gasteiger partial charge >= 0.3 is 0 Å². The SMILES string of the molecule is Cc1ccc(CN(CCBr)C2CCC2)cc1C. The van der Waals surface area contributed by atoms with Crippen LogP contribution in [0.3, 0.4) is 0 Å². The summed E-state index contributed by atoms with van der Waals surface area (Å²) in [7, 11) is 0. The Morgan fingerprint density at radius 3 is 2.53 bits per heavy atom. The molecule has 1 fully saturated rings. The lowest BCUT2D eigenvalue weighted by molar-refractivity contribution is 0.128. The van der Waals surface area contributed by atoms with Crippen LogP contribution in [0, 0.1) is 13.8 Å². The van der Waals surface area contributed by atoms with Crippen LogP contribution in [0.5, 0.6) is 0 Å². The predicted molar refractivity (Wildman–Crippen MR) is 77.8 cm³/mol. The quantitative estimate of drug-likeness (QED) is 0.741. The average molecular weight is 296 g/mol. The van der Waals surface area contributed by atoms with Gasteiger partial charge in [-0.05, 0) is 43.4 Å². The van der Waals surface area contributed by atoms with Gasteiger partial charge in [0, 0.05) is 24.5 Å². The van der Waals surface area contributed by atoms with Crippen molar-refractivity contribution >= 4 is 15.9 Å². The van der Waals surface area contributed by atoms with Crippen molar-refractivity contribution in [2.45, 2.75) is 45.7 Å². The van der Waals surface area contributed by atoms with Crippen LogP contribution in [0.1, 0.15) is 36.0 Å². The molecule has 0 radical (unpaired) electrons. The smallest absolute Gasteiger partial charge is 0.0237 e. The zero-order valence-electron chi connectivity index (χ0n) is 10.9. The number of hydrogen-bond donors (Lipinski definition) is 0. The maximum atomic E-state index is 3.57. The molecule has 0 heterocycles. The molecule has 1 aromatic rings. The number of benzene rings is 1. The largest absolute Gasteiger partial charge is 0.295 e. The van der Waals surface area contributed by atoms with Gasteiger partial charge in [-0.2, -0.15) is 0 Å². The summed E-state index contributed by atoms with van der Waals surface area (Å²) in [4.78, 5) is 2.63. The molecule has 0 aromatic heterocycles. The lowest BCUT2D eigenvalue weighted by Gasteiger charge is -2.37. The first-order valence-electron chi connectivity index (χ1n) is 6.57. The third-order valence-electron chi connectivity index (χ3n) is 3.92. The first-order valence-corrected chi connectivity index (χ1v) is 7.69. The molecule has 0 aliphatic heterocycles. The second-order valence-corrected chi connectivity index (χ2v) is 5.96. The van der Waals surface area contributed by atoms with Crippen LogP contribution < -0.4 is 0 Å². The van der Waals surface area contributed by atoms with Gasteiger partial charge in [0.2, 0.25) is 0 Å². The van der Waals surface area contributed by atoms with Crippen LogP contribution in [0.2, 0.25) is 0 Å². The van der Waals surface area contributed by atoms with Crippen molar-refractivity contribution < 1.29 is 0 Å². The topological polar surface area (TPSA) is 3.24 Å². The average Bonchev–Trinajstić information content (AvgIpc) is 2.21. The van der Waals surface area contributed by atoms with Gasteiger partial charge < -0.3 is 0 Å². The Bertz CT molecular complexity index is 371. The van der Waals surface area contributed by atoms with Crippen LogP contribution in [-0.2, 0) is 6.54 Å². The number of halogens is 1. The van der Waals surface area contributed by atoms with Crippen LogP contribution >= 0.6 is 15.9 Å². The predicted octanol–water partition coefficient (Wildman–Crippen LogP) is 4.05. The summed E-state index contributed by atoms with van der Waals surface area (Å²) >= 11 is 3.57. The summed E-state index contributed by atoms with van der Waals surface area (Å²) in [5, 5.41) is 1.08. The number of aryl methyl sites for hydroxylation is 2. The van der Waals surface area contributed by atoms with Gasteiger partial charge in [0.05, 0.1) is 0 Å². The van der Waals surface area contributed by atoms with Crippen molar-refractivity contribution in [2.24, 2.45) is 0 Å². The van der Waals surface area contributed by atoms with Crippen LogP contribution in [0.25, 0.3) is 0 Å². The second kappa shape index (κ2) is 6.01. The molecule has 2 rings (SSSR count). The van der Waals surface area contributed by atoms with Crippen molar-refractivity contribution in [1.29, 1.82) is 0 Å². The Labute approximate surface area is 113 Å². The first-order chi connectivity index (χ1) is 8.20. The van der Waals surface area contributed by atoms with Gasteiger partial charge in [-0.25, -0.2) is 0 Å². The minimum Gasteiger partial charge on any atom is -0.295 e. The molecule has 0 N–H and O–H groups in total. The van der Waals surface area contributed by atoms with E-state index in [1.807, 2.05) is 0 Å². The molecule has 0 spiro atoms. The van der Waals surface area contributed by atoms with Gasteiger partial charge in [0.25, 0.3) is 0 Å². The molecular weight excluding hydrogens is 274 g/mol. The molecule has 1 aliphatic carbocycles. The van der Waals surface area contributed by atoms with E-state index in [2.05, 4.69) is 52.9 Å². The van der Waals surface area contributed by atoms with E-state index in [9.17, 15) is 0 Å². The molecule has 0 unspecified atom stereocenters. The molecule has 2 heteroatoms. The number of alkyl halides is 1. The molecule has 0 amide bonds. The van der Waals surface area contributed by atoms with E-state index >= 15 is 0 Å². The molecular formula is C15H22BrN. The van der Waals surface area contributed by atoms with Gasteiger partial charge in [0.15, 0.2) is 0 Å². The molecule has 17 heavy (non-hydrogen) atoms. The maximum Gasteiger partial charge on any atom is 0.0237 e. The fourth-order valence-corrected chi connectivity index (χ4v) is 2.84. The summed E-state index contributed by atoms with van der Waals surface area (Å²) in [6.45, 7) is 6.66. The number of rotatable bonds is 5. The molecule has 1 nitrogen and oxygen atoms in total. The standard InChI is InChI=1S/C15H22BrN/c1-12-6-7-14(10-13(12)2)11-17(9-8-16)15-4-3-5-15/h6-7,10,15H,3-5,8-9,11H2,1-2H3. The van der Waals surface area contributed by atoms with E-state index in [0.717, 1.165) is 24.5 Å². The zero-order chi connectivity index (χ0) is 12.3. The fourth-order valence-electron chi connectivity index (χ4n) is 2.39. The van der Waals surface area contributed by atoms with Crippen molar-refractivity contribution in [3.05, 3.63) is 34.9 Å². The second-order valence-electron chi connectivity index (χ2n) is 5.16. The van der Waals surface area contributed by atoms with Crippen molar-refractivity contribution in [3.63, 3.8) is 0 Å². The summed E-state index contributed by atoms with van der Waals surface area (Å²) in [5.74, 6) is 0. The van der Waals surface area contributed by atoms with Crippen LogP contribution in [0.15, 0.2) is 18.2 Å². The maximum absolute atomic E-state index is 3.57. The summed E-state index contributed by atoms with van der Waals surface area (Å²) in [6.07, 6.45) is 4.19. The van der Waals surface area contributed by atoms with E-state index in [-0.39, 0.29) is 0 Å². The fraction of sp³-hybridized carbons (Fsp3) is 0.600. The Morgan fingerprint density at radius 1 is 1.24 bits per heavy atom. The molecule has 0 saturated heterocycles. The van der Waals surface area contributed by atoms with E-state index in [1.54, 1.807) is 0 Å². The molecule has 1 saturated carbocycles. The highest BCUT2D eigenvalue weighted by Crippen LogP contribution is 2.26. The molecule has 1 aromatic carbocycles. The van der Waals surface area contributed by atoms with E-state index in [4.69, 9.17) is 0 Å². The van der Waals surface area contributed by atoms with Crippen LogP contribution in [-0.4, -0.2) is 22.8 Å². The highest BCUT2D eigenvalue weighted by atomic mass is 79.9. The van der Waals surface area contributed by atoms with Crippen molar-refractivity contribution in [1.82, 2.24) is 4.90 Å². The Hall–Kier alpha value is -0.340. The Morgan fingerprint density at radius 2 is 2.00 bits per heavy atom. The summed E-state index contributed by atoms with van der Waals surface area (Å²) in [6, 6.07) is 7.70. The van der Waals surface area contributed by atoms with E-state index in [0.29, 0.717) is 0 Å². The van der Waals surface area contributed by atoms with Gasteiger partial charge in [-0.15, -0.1) is 0 Å². The normalized spacial score (nSPS) is 16.2.